The number of hydrogen-bond donors (Lipinski definition) is 1. The van der Waals surface area contributed by atoms with Crippen LogP contribution in [0.5, 0.6) is 0 Å². The molecule has 1 unspecified atom stereocenters. The summed E-state index contributed by atoms with van der Waals surface area (Å²) in [5, 5.41) is 2.86. The number of morpholine rings is 1. The molecule has 1 heterocycles. The van der Waals surface area contributed by atoms with E-state index in [0.717, 1.165) is 25.0 Å². The number of nitrogens with one attached hydrogen (secondary N) is 1. The van der Waals surface area contributed by atoms with Crippen molar-refractivity contribution in [2.24, 2.45) is 5.92 Å². The molecule has 4 nitrogen and oxygen atoms in total. The van der Waals surface area contributed by atoms with Crippen LogP contribution >= 0.6 is 0 Å². The third-order valence-corrected chi connectivity index (χ3v) is 3.96. The first kappa shape index (κ1) is 14.3. The second-order valence-electron chi connectivity index (χ2n) is 5.53. The van der Waals surface area contributed by atoms with Crippen LogP contribution in [0.2, 0.25) is 0 Å². The third-order valence-electron chi connectivity index (χ3n) is 3.96. The van der Waals surface area contributed by atoms with Crippen LogP contribution in [0.4, 0.5) is 13.6 Å². The van der Waals surface area contributed by atoms with Gasteiger partial charge in [-0.1, -0.05) is 0 Å². The van der Waals surface area contributed by atoms with Crippen molar-refractivity contribution >= 4 is 6.03 Å². The van der Waals surface area contributed by atoms with Gasteiger partial charge in [0.1, 0.15) is 11.6 Å². The largest absolute Gasteiger partial charge is 0.378 e. The highest BCUT2D eigenvalue weighted by Gasteiger charge is 2.36. The summed E-state index contributed by atoms with van der Waals surface area (Å²) in [4.78, 5) is 13.9. The molecule has 1 N–H and O–H groups in total. The summed E-state index contributed by atoms with van der Waals surface area (Å²) in [5.74, 6) is -0.778. The van der Waals surface area contributed by atoms with Crippen molar-refractivity contribution < 1.29 is 18.3 Å². The van der Waals surface area contributed by atoms with Gasteiger partial charge in [0.2, 0.25) is 0 Å². The summed E-state index contributed by atoms with van der Waals surface area (Å²) in [5.41, 5.74) is 0.235. The number of carbonyl (C=O) groups is 1. The van der Waals surface area contributed by atoms with E-state index < -0.39 is 17.7 Å². The topological polar surface area (TPSA) is 41.6 Å². The number of hydrogen-bond acceptors (Lipinski definition) is 2. The lowest BCUT2D eigenvalue weighted by atomic mass is 10.0. The van der Waals surface area contributed by atoms with E-state index in [1.165, 1.54) is 6.07 Å². The molecule has 1 aromatic carbocycles. The first-order valence-electron chi connectivity index (χ1n) is 7.23. The zero-order chi connectivity index (χ0) is 14.8. The van der Waals surface area contributed by atoms with E-state index in [9.17, 15) is 13.6 Å². The second-order valence-corrected chi connectivity index (χ2v) is 5.53. The Kier molecular flexibility index (Phi) is 4.05. The van der Waals surface area contributed by atoms with Gasteiger partial charge in [0.15, 0.2) is 0 Å². The smallest absolute Gasteiger partial charge is 0.318 e. The molecule has 3 rings (SSSR count). The molecule has 2 fully saturated rings. The molecule has 1 aliphatic carbocycles. The lowest BCUT2D eigenvalue weighted by Crippen LogP contribution is -2.47. The Morgan fingerprint density at radius 2 is 2.00 bits per heavy atom. The summed E-state index contributed by atoms with van der Waals surface area (Å²) in [6.07, 6.45) is 1.84. The first-order chi connectivity index (χ1) is 10.1. The molecule has 6 heteroatoms. The van der Waals surface area contributed by atoms with E-state index in [0.29, 0.717) is 26.3 Å². The molecular formula is C15H18F2N2O2. The minimum absolute atomic E-state index is 0.186. The van der Waals surface area contributed by atoms with Gasteiger partial charge in [0, 0.05) is 18.7 Å². The molecule has 1 aliphatic heterocycles. The Morgan fingerprint density at radius 3 is 2.67 bits per heavy atom. The summed E-state index contributed by atoms with van der Waals surface area (Å²) < 4.78 is 32.5. The molecule has 0 radical (unpaired) electrons. The molecule has 1 saturated carbocycles. The van der Waals surface area contributed by atoms with E-state index >= 15 is 0 Å². The van der Waals surface area contributed by atoms with E-state index in [1.807, 2.05) is 0 Å². The molecule has 0 bridgehead atoms. The fourth-order valence-corrected chi connectivity index (χ4v) is 2.62. The fraction of sp³-hybridized carbons (Fsp3) is 0.533. The minimum Gasteiger partial charge on any atom is -0.378 e. The lowest BCUT2D eigenvalue weighted by molar-refractivity contribution is 0.0522. The molecule has 1 atom stereocenters. The van der Waals surface area contributed by atoms with Gasteiger partial charge in [-0.25, -0.2) is 13.6 Å². The molecule has 1 saturated heterocycles. The molecule has 0 aromatic heterocycles. The lowest BCUT2D eigenvalue weighted by Gasteiger charge is -2.29. The van der Waals surface area contributed by atoms with Gasteiger partial charge in [-0.05, 0) is 37.0 Å². The van der Waals surface area contributed by atoms with Crippen molar-refractivity contribution in [3.05, 3.63) is 35.4 Å². The predicted molar refractivity (Wildman–Crippen MR) is 72.7 cm³/mol. The second kappa shape index (κ2) is 5.97. The van der Waals surface area contributed by atoms with Gasteiger partial charge in [-0.15, -0.1) is 0 Å². The molecule has 2 aliphatic rings. The van der Waals surface area contributed by atoms with Crippen molar-refractivity contribution in [2.45, 2.75) is 18.9 Å². The third kappa shape index (κ3) is 3.32. The molecule has 2 amide bonds. The molecule has 21 heavy (non-hydrogen) atoms. The molecule has 0 spiro atoms. The number of halogens is 2. The van der Waals surface area contributed by atoms with Gasteiger partial charge in [-0.3, -0.25) is 0 Å². The van der Waals surface area contributed by atoms with Crippen LogP contribution in [-0.2, 0) is 4.74 Å². The number of urea groups is 1. The van der Waals surface area contributed by atoms with Crippen molar-refractivity contribution in [3.63, 3.8) is 0 Å². The molecule has 1 aromatic rings. The van der Waals surface area contributed by atoms with Crippen LogP contribution < -0.4 is 5.32 Å². The van der Waals surface area contributed by atoms with Crippen molar-refractivity contribution in [2.75, 3.05) is 26.3 Å². The summed E-state index contributed by atoms with van der Waals surface area (Å²) >= 11 is 0. The van der Waals surface area contributed by atoms with Crippen molar-refractivity contribution in [3.8, 4) is 0 Å². The quantitative estimate of drug-likeness (QED) is 0.931. The monoisotopic (exact) mass is 296 g/mol. The Balaban J connectivity index is 1.75. The summed E-state index contributed by atoms with van der Waals surface area (Å²) in [6, 6.07) is 2.68. The van der Waals surface area contributed by atoms with Crippen molar-refractivity contribution in [1.82, 2.24) is 10.2 Å². The maximum absolute atomic E-state index is 13.9. The van der Waals surface area contributed by atoms with E-state index in [1.54, 1.807) is 4.90 Å². The highest BCUT2D eigenvalue weighted by molar-refractivity contribution is 5.75. The number of benzene rings is 1. The van der Waals surface area contributed by atoms with Gasteiger partial charge in [0.25, 0.3) is 0 Å². The van der Waals surface area contributed by atoms with E-state index in [-0.39, 0.29) is 17.5 Å². The average molecular weight is 296 g/mol. The summed E-state index contributed by atoms with van der Waals surface area (Å²) in [6.45, 7) is 2.06. The van der Waals surface area contributed by atoms with E-state index in [2.05, 4.69) is 5.32 Å². The van der Waals surface area contributed by atoms with Gasteiger partial charge < -0.3 is 15.0 Å². The fourth-order valence-electron chi connectivity index (χ4n) is 2.62. The number of amides is 2. The minimum atomic E-state index is -0.488. The van der Waals surface area contributed by atoms with Crippen molar-refractivity contribution in [1.29, 1.82) is 0 Å². The number of nitrogens with zero attached hydrogens (tertiary/aromatic N) is 1. The Hall–Kier alpha value is -1.69. The predicted octanol–water partition coefficient (Wildman–Crippen LogP) is 2.46. The SMILES string of the molecule is O=C(NC(c1cc(F)ccc1F)C1CC1)N1CCOCC1. The van der Waals surface area contributed by atoms with Crippen LogP contribution in [-0.4, -0.2) is 37.2 Å². The average Bonchev–Trinajstić information content (AvgIpc) is 3.33. The zero-order valence-corrected chi connectivity index (χ0v) is 11.6. The Bertz CT molecular complexity index is 528. The Morgan fingerprint density at radius 1 is 1.29 bits per heavy atom. The zero-order valence-electron chi connectivity index (χ0n) is 11.6. The molecular weight excluding hydrogens is 278 g/mol. The normalized spacial score (nSPS) is 20.2. The maximum atomic E-state index is 13.9. The van der Waals surface area contributed by atoms with Crippen LogP contribution in [0.25, 0.3) is 0 Å². The highest BCUT2D eigenvalue weighted by atomic mass is 19.1. The summed E-state index contributed by atoms with van der Waals surface area (Å²) in [7, 11) is 0. The van der Waals surface area contributed by atoms with Gasteiger partial charge in [0.05, 0.1) is 19.3 Å². The Labute approximate surface area is 122 Å². The first-order valence-corrected chi connectivity index (χ1v) is 7.23. The van der Waals surface area contributed by atoms with Gasteiger partial charge >= 0.3 is 6.03 Å². The van der Waals surface area contributed by atoms with Crippen LogP contribution in [0.15, 0.2) is 18.2 Å². The van der Waals surface area contributed by atoms with Crippen LogP contribution in [0.1, 0.15) is 24.4 Å². The van der Waals surface area contributed by atoms with E-state index in [4.69, 9.17) is 4.74 Å². The standard InChI is InChI=1S/C15H18F2N2O2/c16-11-3-4-13(17)12(9-11)14(10-1-2-10)18-15(20)19-5-7-21-8-6-19/h3-4,9-10,14H,1-2,5-8H2,(H,18,20). The number of rotatable bonds is 3. The number of carbonyl (C=O) groups excluding carboxylic acids is 1. The van der Waals surface area contributed by atoms with Gasteiger partial charge in [-0.2, -0.15) is 0 Å². The van der Waals surface area contributed by atoms with Crippen LogP contribution in [0.3, 0.4) is 0 Å². The number of ether oxygens (including phenoxy) is 1. The van der Waals surface area contributed by atoms with Crippen LogP contribution in [0, 0.1) is 17.6 Å². The maximum Gasteiger partial charge on any atom is 0.318 e. The molecule has 114 valence electrons. The highest BCUT2D eigenvalue weighted by Crippen LogP contribution is 2.42.